The van der Waals surface area contributed by atoms with E-state index >= 15 is 0 Å². The highest BCUT2D eigenvalue weighted by molar-refractivity contribution is 5.97. The number of rotatable bonds is 4. The highest BCUT2D eigenvalue weighted by atomic mass is 19.1. The lowest BCUT2D eigenvalue weighted by Gasteiger charge is -2.31. The number of ether oxygens (including phenoxy) is 1. The van der Waals surface area contributed by atoms with E-state index in [0.717, 1.165) is 62.5 Å². The van der Waals surface area contributed by atoms with Gasteiger partial charge >= 0.3 is 0 Å². The van der Waals surface area contributed by atoms with Gasteiger partial charge in [-0.05, 0) is 19.1 Å². The molecule has 4 heterocycles. The van der Waals surface area contributed by atoms with Gasteiger partial charge in [-0.25, -0.2) is 18.7 Å². The molecule has 2 aliphatic heterocycles. The van der Waals surface area contributed by atoms with Crippen molar-refractivity contribution < 1.29 is 13.5 Å². The van der Waals surface area contributed by atoms with Gasteiger partial charge in [0.15, 0.2) is 0 Å². The molecule has 32 heavy (non-hydrogen) atoms. The molecule has 2 aliphatic rings. The second-order valence-corrected chi connectivity index (χ2v) is 8.06. The van der Waals surface area contributed by atoms with E-state index in [1.807, 2.05) is 25.1 Å². The summed E-state index contributed by atoms with van der Waals surface area (Å²) in [5.41, 5.74) is 1.66. The number of morpholine rings is 1. The molecule has 2 N–H and O–H groups in total. The van der Waals surface area contributed by atoms with E-state index < -0.39 is 11.6 Å². The van der Waals surface area contributed by atoms with Crippen LogP contribution in [0.2, 0.25) is 0 Å². The number of benzene rings is 1. The van der Waals surface area contributed by atoms with E-state index in [1.165, 1.54) is 6.07 Å². The summed E-state index contributed by atoms with van der Waals surface area (Å²) in [5, 5.41) is 6.91. The number of nitrogens with one attached hydrogen (secondary N) is 2. The van der Waals surface area contributed by atoms with E-state index in [-0.39, 0.29) is 10.9 Å². The molecule has 0 spiro atoms. The first-order chi connectivity index (χ1) is 15.6. The fourth-order valence-electron chi connectivity index (χ4n) is 4.32. The van der Waals surface area contributed by atoms with Crippen LogP contribution in [0, 0.1) is 18.6 Å². The molecular weight excluding hydrogens is 414 g/mol. The topological polar surface area (TPSA) is 65.5 Å². The summed E-state index contributed by atoms with van der Waals surface area (Å²) in [4.78, 5) is 13.7. The smallest absolute Gasteiger partial charge is 0.137 e. The molecule has 0 aliphatic carbocycles. The number of hydrogen-bond donors (Lipinski definition) is 2. The normalized spacial score (nSPS) is 17.1. The minimum Gasteiger partial charge on any atom is -0.378 e. The maximum absolute atomic E-state index is 14.9. The zero-order valence-electron chi connectivity index (χ0n) is 18.0. The van der Waals surface area contributed by atoms with E-state index in [4.69, 9.17) is 9.72 Å². The van der Waals surface area contributed by atoms with Crippen molar-refractivity contribution in [2.24, 2.45) is 0 Å². The number of anilines is 4. The first-order valence-corrected chi connectivity index (χ1v) is 10.9. The Balaban J connectivity index is 1.58. The van der Waals surface area contributed by atoms with Crippen LogP contribution in [-0.2, 0) is 4.74 Å². The molecule has 1 aromatic carbocycles. The first kappa shape index (κ1) is 20.8. The molecule has 0 unspecified atom stereocenters. The molecule has 0 radical (unpaired) electrons. The molecule has 9 heteroatoms. The van der Waals surface area contributed by atoms with Gasteiger partial charge in [-0.1, -0.05) is 6.07 Å². The summed E-state index contributed by atoms with van der Waals surface area (Å²) in [6.07, 6.45) is 0. The minimum atomic E-state index is -0.644. The van der Waals surface area contributed by atoms with Crippen LogP contribution < -0.4 is 20.4 Å². The third kappa shape index (κ3) is 4.05. The van der Waals surface area contributed by atoms with Gasteiger partial charge in [-0.2, -0.15) is 0 Å². The van der Waals surface area contributed by atoms with Crippen molar-refractivity contribution in [1.82, 2.24) is 15.3 Å². The third-order valence-electron chi connectivity index (χ3n) is 5.96. The second-order valence-electron chi connectivity index (χ2n) is 8.06. The Hall–Kier alpha value is -3.04. The van der Waals surface area contributed by atoms with E-state index in [2.05, 4.69) is 25.4 Å². The molecule has 2 aromatic heterocycles. The highest BCUT2D eigenvalue weighted by Gasteiger charge is 2.22. The fourth-order valence-corrected chi connectivity index (χ4v) is 4.32. The number of pyridine rings is 2. The summed E-state index contributed by atoms with van der Waals surface area (Å²) in [6.45, 7) is 8.02. The summed E-state index contributed by atoms with van der Waals surface area (Å²) in [7, 11) is 0. The van der Waals surface area contributed by atoms with Crippen molar-refractivity contribution >= 4 is 34.0 Å². The molecule has 0 saturated carbocycles. The average Bonchev–Trinajstić information content (AvgIpc) is 2.82. The average molecular weight is 440 g/mol. The zero-order valence-corrected chi connectivity index (χ0v) is 18.0. The second kappa shape index (κ2) is 8.84. The Morgan fingerprint density at radius 3 is 2.56 bits per heavy atom. The SMILES string of the molecule is Cc1c(N2CCNCC2)nc2cc(F)cc(F)c2c1Nc1cccc(N2CCOCC2)n1. The maximum atomic E-state index is 14.9. The molecule has 0 atom stereocenters. The van der Waals surface area contributed by atoms with Gasteiger partial charge < -0.3 is 25.2 Å². The van der Waals surface area contributed by atoms with Crippen LogP contribution in [0.4, 0.5) is 31.9 Å². The van der Waals surface area contributed by atoms with Crippen molar-refractivity contribution in [2.75, 3.05) is 67.6 Å². The standard InChI is InChI=1S/C23H26F2N6O/c1-15-22(29-19-3-2-4-20(28-19)30-9-11-32-12-10-30)21-17(25)13-16(24)14-18(21)27-23(15)31-7-5-26-6-8-31/h2-4,13-14,26H,5-12H2,1H3,(H,27,28,29). The maximum Gasteiger partial charge on any atom is 0.137 e. The predicted molar refractivity (Wildman–Crippen MR) is 122 cm³/mol. The van der Waals surface area contributed by atoms with Crippen molar-refractivity contribution in [3.05, 3.63) is 47.5 Å². The van der Waals surface area contributed by atoms with Crippen molar-refractivity contribution in [3.8, 4) is 0 Å². The monoisotopic (exact) mass is 440 g/mol. The van der Waals surface area contributed by atoms with Gasteiger partial charge in [0, 0.05) is 57.0 Å². The van der Waals surface area contributed by atoms with Crippen molar-refractivity contribution in [1.29, 1.82) is 0 Å². The molecule has 0 bridgehead atoms. The van der Waals surface area contributed by atoms with Crippen LogP contribution in [0.5, 0.6) is 0 Å². The Morgan fingerprint density at radius 1 is 1.00 bits per heavy atom. The van der Waals surface area contributed by atoms with Gasteiger partial charge in [-0.3, -0.25) is 0 Å². The van der Waals surface area contributed by atoms with Gasteiger partial charge in [0.2, 0.25) is 0 Å². The predicted octanol–water partition coefficient (Wildman–Crippen LogP) is 3.21. The lowest BCUT2D eigenvalue weighted by Crippen LogP contribution is -2.44. The van der Waals surface area contributed by atoms with Crippen LogP contribution in [-0.4, -0.2) is 62.5 Å². The lowest BCUT2D eigenvalue weighted by molar-refractivity contribution is 0.122. The summed E-state index contributed by atoms with van der Waals surface area (Å²) < 4.78 is 34.4. The largest absolute Gasteiger partial charge is 0.378 e. The minimum absolute atomic E-state index is 0.265. The summed E-state index contributed by atoms with van der Waals surface area (Å²) in [6, 6.07) is 7.91. The number of nitrogens with zero attached hydrogens (tertiary/aromatic N) is 4. The van der Waals surface area contributed by atoms with Crippen LogP contribution in [0.15, 0.2) is 30.3 Å². The van der Waals surface area contributed by atoms with Gasteiger partial charge in [-0.15, -0.1) is 0 Å². The van der Waals surface area contributed by atoms with E-state index in [9.17, 15) is 8.78 Å². The fraction of sp³-hybridized carbons (Fsp3) is 0.391. The highest BCUT2D eigenvalue weighted by Crippen LogP contribution is 2.36. The van der Waals surface area contributed by atoms with Crippen molar-refractivity contribution in [2.45, 2.75) is 6.92 Å². The van der Waals surface area contributed by atoms with Gasteiger partial charge in [0.1, 0.15) is 29.1 Å². The Morgan fingerprint density at radius 2 is 1.78 bits per heavy atom. The summed E-state index contributed by atoms with van der Waals surface area (Å²) >= 11 is 0. The summed E-state index contributed by atoms with van der Waals surface area (Å²) in [5.74, 6) is 0.879. The number of piperazine rings is 1. The Bertz CT molecular complexity index is 1130. The molecule has 3 aromatic rings. The van der Waals surface area contributed by atoms with Crippen LogP contribution >= 0.6 is 0 Å². The molecule has 2 saturated heterocycles. The first-order valence-electron chi connectivity index (χ1n) is 10.9. The van der Waals surface area contributed by atoms with Gasteiger partial charge in [0.05, 0.1) is 29.8 Å². The van der Waals surface area contributed by atoms with Crippen LogP contribution in [0.3, 0.4) is 0 Å². The van der Waals surface area contributed by atoms with Gasteiger partial charge in [0.25, 0.3) is 0 Å². The molecule has 0 amide bonds. The molecule has 2 fully saturated rings. The molecular formula is C23H26F2N6O. The molecule has 5 rings (SSSR count). The van der Waals surface area contributed by atoms with E-state index in [0.29, 0.717) is 24.7 Å². The number of aromatic nitrogens is 2. The lowest BCUT2D eigenvalue weighted by atomic mass is 10.1. The number of hydrogen-bond acceptors (Lipinski definition) is 7. The quantitative estimate of drug-likeness (QED) is 0.646. The Kier molecular flexibility index (Phi) is 5.75. The Labute approximate surface area is 185 Å². The number of halogens is 2. The molecule has 7 nitrogen and oxygen atoms in total. The van der Waals surface area contributed by atoms with Crippen LogP contribution in [0.25, 0.3) is 10.9 Å². The third-order valence-corrected chi connectivity index (χ3v) is 5.96. The number of fused-ring (bicyclic) bond motifs is 1. The zero-order chi connectivity index (χ0) is 22.1. The van der Waals surface area contributed by atoms with Crippen molar-refractivity contribution in [3.63, 3.8) is 0 Å². The van der Waals surface area contributed by atoms with E-state index in [1.54, 1.807) is 0 Å². The van der Waals surface area contributed by atoms with Crippen LogP contribution in [0.1, 0.15) is 5.56 Å². The molecule has 168 valence electrons.